The van der Waals surface area contributed by atoms with Gasteiger partial charge in [-0.05, 0) is 12.0 Å². The van der Waals surface area contributed by atoms with Crippen molar-refractivity contribution in [3.63, 3.8) is 0 Å². The number of hydrazine groups is 1. The molecule has 0 spiro atoms. The minimum Gasteiger partial charge on any atom is -0.376 e. The van der Waals surface area contributed by atoms with Gasteiger partial charge in [0.05, 0.1) is 12.7 Å². The highest BCUT2D eigenvalue weighted by Crippen LogP contribution is 2.23. The van der Waals surface area contributed by atoms with Crippen LogP contribution >= 0.6 is 0 Å². The highest BCUT2D eigenvalue weighted by molar-refractivity contribution is 5.82. The molecule has 3 N–H and O–H groups in total. The van der Waals surface area contributed by atoms with Crippen LogP contribution in [0.1, 0.15) is 24.9 Å². The van der Waals surface area contributed by atoms with Gasteiger partial charge in [-0.2, -0.15) is 0 Å². The van der Waals surface area contributed by atoms with Gasteiger partial charge in [0, 0.05) is 13.1 Å². The third-order valence-corrected chi connectivity index (χ3v) is 3.50. The molecule has 19 heavy (non-hydrogen) atoms. The van der Waals surface area contributed by atoms with E-state index in [0.29, 0.717) is 6.61 Å². The van der Waals surface area contributed by atoms with Crippen LogP contribution in [0.5, 0.6) is 0 Å². The maximum atomic E-state index is 12.1. The smallest absolute Gasteiger partial charge is 0.255 e. The van der Waals surface area contributed by atoms with Crippen molar-refractivity contribution in [3.8, 4) is 0 Å². The van der Waals surface area contributed by atoms with Gasteiger partial charge in [-0.25, -0.2) is 5.84 Å². The fraction of sp³-hybridized carbons (Fsp3) is 0.500. The summed E-state index contributed by atoms with van der Waals surface area (Å²) in [6, 6.07) is 9.37. The van der Waals surface area contributed by atoms with Crippen LogP contribution in [0.4, 0.5) is 0 Å². The van der Waals surface area contributed by atoms with E-state index in [1.165, 1.54) is 0 Å². The van der Waals surface area contributed by atoms with E-state index in [-0.39, 0.29) is 18.1 Å². The Morgan fingerprint density at radius 2 is 2.26 bits per heavy atom. The molecule has 2 rings (SSSR count). The van der Waals surface area contributed by atoms with E-state index in [9.17, 15) is 4.79 Å². The second-order valence-corrected chi connectivity index (χ2v) is 4.72. The summed E-state index contributed by atoms with van der Waals surface area (Å²) in [6.07, 6.45) is 1.13. The third kappa shape index (κ3) is 3.32. The Balaban J connectivity index is 2.20. The molecule has 1 aliphatic heterocycles. The summed E-state index contributed by atoms with van der Waals surface area (Å²) in [7, 11) is 0. The van der Waals surface area contributed by atoms with Crippen molar-refractivity contribution in [2.75, 3.05) is 19.7 Å². The molecule has 0 aromatic heterocycles. The van der Waals surface area contributed by atoms with Crippen LogP contribution in [-0.4, -0.2) is 36.6 Å². The van der Waals surface area contributed by atoms with Crippen LogP contribution in [0.15, 0.2) is 30.3 Å². The fourth-order valence-corrected chi connectivity index (χ4v) is 2.47. The normalized spacial score (nSPS) is 21.9. The Labute approximate surface area is 113 Å². The first-order valence-corrected chi connectivity index (χ1v) is 6.67. The summed E-state index contributed by atoms with van der Waals surface area (Å²) >= 11 is 0. The number of nitrogens with two attached hydrogens (primary N) is 1. The van der Waals surface area contributed by atoms with E-state index in [0.717, 1.165) is 25.1 Å². The van der Waals surface area contributed by atoms with Crippen molar-refractivity contribution in [2.45, 2.75) is 25.5 Å². The van der Waals surface area contributed by atoms with Gasteiger partial charge < -0.3 is 4.74 Å². The first kappa shape index (κ1) is 14.0. The van der Waals surface area contributed by atoms with Crippen LogP contribution in [0.2, 0.25) is 0 Å². The van der Waals surface area contributed by atoms with E-state index >= 15 is 0 Å². The van der Waals surface area contributed by atoms with Crippen molar-refractivity contribution in [2.24, 2.45) is 5.84 Å². The number of hydrogen-bond acceptors (Lipinski definition) is 4. The zero-order valence-corrected chi connectivity index (χ0v) is 11.2. The minimum atomic E-state index is -0.343. The average molecular weight is 263 g/mol. The van der Waals surface area contributed by atoms with E-state index in [1.807, 2.05) is 30.3 Å². The van der Waals surface area contributed by atoms with Crippen molar-refractivity contribution in [3.05, 3.63) is 35.9 Å². The van der Waals surface area contributed by atoms with E-state index in [2.05, 4.69) is 17.2 Å². The Morgan fingerprint density at radius 1 is 1.53 bits per heavy atom. The van der Waals surface area contributed by atoms with Gasteiger partial charge in [0.25, 0.3) is 5.91 Å². The number of nitrogens with zero attached hydrogens (tertiary/aromatic N) is 1. The van der Waals surface area contributed by atoms with Crippen molar-refractivity contribution < 1.29 is 9.53 Å². The molecular weight excluding hydrogens is 242 g/mol. The SMILES string of the molecule is CCC1CN(C(C(=O)NN)c2ccccc2)CCO1. The first-order chi connectivity index (χ1) is 9.26. The molecule has 0 bridgehead atoms. The number of carbonyl (C=O) groups excluding carboxylic acids is 1. The lowest BCUT2D eigenvalue weighted by Gasteiger charge is -2.37. The number of morpholine rings is 1. The summed E-state index contributed by atoms with van der Waals surface area (Å²) in [5.74, 6) is 5.15. The zero-order chi connectivity index (χ0) is 13.7. The maximum Gasteiger partial charge on any atom is 0.255 e. The molecular formula is C14H21N3O2. The van der Waals surface area contributed by atoms with Crippen LogP contribution < -0.4 is 11.3 Å². The molecule has 2 unspecified atom stereocenters. The summed E-state index contributed by atoms with van der Waals surface area (Å²) in [4.78, 5) is 14.2. The topological polar surface area (TPSA) is 67.6 Å². The van der Waals surface area contributed by atoms with E-state index in [1.54, 1.807) is 0 Å². The van der Waals surface area contributed by atoms with Gasteiger partial charge in [0.2, 0.25) is 0 Å². The molecule has 1 amide bonds. The molecule has 104 valence electrons. The van der Waals surface area contributed by atoms with Crippen LogP contribution in [-0.2, 0) is 9.53 Å². The molecule has 1 fully saturated rings. The Morgan fingerprint density at radius 3 is 2.89 bits per heavy atom. The summed E-state index contributed by atoms with van der Waals surface area (Å²) in [6.45, 7) is 4.24. The summed E-state index contributed by atoms with van der Waals surface area (Å²) in [5, 5.41) is 0. The lowest BCUT2D eigenvalue weighted by molar-refractivity contribution is -0.130. The van der Waals surface area contributed by atoms with Crippen molar-refractivity contribution in [1.82, 2.24) is 10.3 Å². The highest BCUT2D eigenvalue weighted by Gasteiger charge is 2.31. The van der Waals surface area contributed by atoms with Gasteiger partial charge in [-0.15, -0.1) is 0 Å². The van der Waals surface area contributed by atoms with Gasteiger partial charge >= 0.3 is 0 Å². The number of amides is 1. The van der Waals surface area contributed by atoms with Crippen molar-refractivity contribution in [1.29, 1.82) is 0 Å². The zero-order valence-electron chi connectivity index (χ0n) is 11.2. The number of benzene rings is 1. The number of rotatable bonds is 4. The lowest BCUT2D eigenvalue weighted by atomic mass is 10.0. The molecule has 2 atom stereocenters. The van der Waals surface area contributed by atoms with Crippen LogP contribution in [0.3, 0.4) is 0 Å². The largest absolute Gasteiger partial charge is 0.376 e. The Hall–Kier alpha value is -1.43. The average Bonchev–Trinajstić information content (AvgIpc) is 2.48. The van der Waals surface area contributed by atoms with Gasteiger partial charge in [-0.3, -0.25) is 15.1 Å². The second kappa shape index (κ2) is 6.65. The fourth-order valence-electron chi connectivity index (χ4n) is 2.47. The molecule has 5 nitrogen and oxygen atoms in total. The maximum absolute atomic E-state index is 12.1. The molecule has 1 aromatic rings. The third-order valence-electron chi connectivity index (χ3n) is 3.50. The minimum absolute atomic E-state index is 0.178. The molecule has 1 aliphatic rings. The molecule has 1 saturated heterocycles. The molecule has 5 heteroatoms. The predicted octanol–water partition coefficient (Wildman–Crippen LogP) is 0.828. The summed E-state index contributed by atoms with van der Waals surface area (Å²) in [5.41, 5.74) is 3.23. The van der Waals surface area contributed by atoms with Crippen LogP contribution in [0.25, 0.3) is 0 Å². The van der Waals surface area contributed by atoms with Crippen LogP contribution in [0, 0.1) is 0 Å². The molecule has 0 radical (unpaired) electrons. The number of carbonyl (C=O) groups is 1. The Kier molecular flexibility index (Phi) is 4.90. The molecule has 1 heterocycles. The number of nitrogens with one attached hydrogen (secondary N) is 1. The van der Waals surface area contributed by atoms with Gasteiger partial charge in [0.15, 0.2) is 0 Å². The first-order valence-electron chi connectivity index (χ1n) is 6.67. The van der Waals surface area contributed by atoms with E-state index < -0.39 is 0 Å². The molecule has 0 saturated carbocycles. The molecule has 0 aliphatic carbocycles. The van der Waals surface area contributed by atoms with Crippen molar-refractivity contribution >= 4 is 5.91 Å². The standard InChI is InChI=1S/C14H21N3O2/c1-2-12-10-17(8-9-19-12)13(14(18)16-15)11-6-4-3-5-7-11/h3-7,12-13H,2,8-10,15H2,1H3,(H,16,18). The number of hydrogen-bond donors (Lipinski definition) is 2. The van der Waals surface area contributed by atoms with E-state index in [4.69, 9.17) is 10.6 Å². The summed E-state index contributed by atoms with van der Waals surface area (Å²) < 4.78 is 5.65. The quantitative estimate of drug-likeness (QED) is 0.479. The second-order valence-electron chi connectivity index (χ2n) is 4.72. The lowest BCUT2D eigenvalue weighted by Crippen LogP contribution is -2.49. The van der Waals surface area contributed by atoms with Gasteiger partial charge in [0.1, 0.15) is 6.04 Å². The number of ether oxygens (including phenoxy) is 1. The monoisotopic (exact) mass is 263 g/mol. The highest BCUT2D eigenvalue weighted by atomic mass is 16.5. The van der Waals surface area contributed by atoms with Gasteiger partial charge in [-0.1, -0.05) is 37.3 Å². The Bertz CT molecular complexity index is 410. The molecule has 1 aromatic carbocycles. The predicted molar refractivity (Wildman–Crippen MR) is 73.1 cm³/mol.